The monoisotopic (exact) mass is 408 g/mol. The molecule has 3 aliphatic heterocycles. The van der Waals surface area contributed by atoms with Gasteiger partial charge in [-0.25, -0.2) is 4.98 Å². The summed E-state index contributed by atoms with van der Waals surface area (Å²) < 4.78 is 10.7. The van der Waals surface area contributed by atoms with Gasteiger partial charge in [0.2, 0.25) is 18.6 Å². The average Bonchev–Trinajstić information content (AvgIpc) is 3.40. The second kappa shape index (κ2) is 7.85. The Hall–Kier alpha value is -3.29. The van der Waals surface area contributed by atoms with Gasteiger partial charge < -0.3 is 24.6 Å². The van der Waals surface area contributed by atoms with Crippen LogP contribution in [0.2, 0.25) is 0 Å². The summed E-state index contributed by atoms with van der Waals surface area (Å²) in [5, 5.41) is 3.02. The van der Waals surface area contributed by atoms with Gasteiger partial charge in [-0.15, -0.1) is 0 Å². The highest BCUT2D eigenvalue weighted by Crippen LogP contribution is 2.37. The number of carbonyl (C=O) groups excluding carboxylic acids is 2. The van der Waals surface area contributed by atoms with Gasteiger partial charge in [-0.2, -0.15) is 0 Å². The highest BCUT2D eigenvalue weighted by Gasteiger charge is 2.36. The predicted octanol–water partition coefficient (Wildman–Crippen LogP) is 2.79. The number of nitrogens with zero attached hydrogens (tertiary/aromatic N) is 3. The van der Waals surface area contributed by atoms with E-state index in [0.717, 1.165) is 37.4 Å². The summed E-state index contributed by atoms with van der Waals surface area (Å²) in [5.74, 6) is 1.45. The fourth-order valence-corrected chi connectivity index (χ4v) is 4.27. The lowest BCUT2D eigenvalue weighted by atomic mass is 10.1. The van der Waals surface area contributed by atoms with Gasteiger partial charge in [-0.1, -0.05) is 0 Å². The number of fused-ring (bicyclic) bond motifs is 1. The zero-order valence-corrected chi connectivity index (χ0v) is 16.7. The number of rotatable bonds is 4. The van der Waals surface area contributed by atoms with Crippen LogP contribution in [0.5, 0.6) is 11.5 Å². The first-order valence-corrected chi connectivity index (χ1v) is 10.4. The van der Waals surface area contributed by atoms with Crippen LogP contribution in [0.3, 0.4) is 0 Å². The molecule has 5 rings (SSSR count). The minimum absolute atomic E-state index is 0.0727. The topological polar surface area (TPSA) is 84.0 Å². The zero-order valence-electron chi connectivity index (χ0n) is 16.7. The number of carbonyl (C=O) groups is 2. The van der Waals surface area contributed by atoms with Crippen LogP contribution in [0.25, 0.3) is 0 Å². The molecule has 30 heavy (non-hydrogen) atoms. The summed E-state index contributed by atoms with van der Waals surface area (Å²) in [4.78, 5) is 33.9. The van der Waals surface area contributed by atoms with Crippen LogP contribution >= 0.6 is 0 Å². The Balaban J connectivity index is 1.29. The first-order chi connectivity index (χ1) is 14.7. The number of amides is 2. The molecule has 2 aromatic rings. The van der Waals surface area contributed by atoms with Crippen molar-refractivity contribution < 1.29 is 19.1 Å². The van der Waals surface area contributed by atoms with E-state index in [0.29, 0.717) is 23.7 Å². The molecule has 1 N–H and O–H groups in total. The summed E-state index contributed by atoms with van der Waals surface area (Å²) in [6, 6.07) is 9.10. The van der Waals surface area contributed by atoms with E-state index in [-0.39, 0.29) is 25.0 Å². The van der Waals surface area contributed by atoms with E-state index in [2.05, 4.69) is 15.2 Å². The Morgan fingerprint density at radius 1 is 1.10 bits per heavy atom. The number of piperidine rings is 1. The van der Waals surface area contributed by atoms with Gasteiger partial charge in [0.05, 0.1) is 11.6 Å². The van der Waals surface area contributed by atoms with Crippen LogP contribution in [-0.2, 0) is 9.59 Å². The number of nitrogens with one attached hydrogen (secondary N) is 1. The fourth-order valence-electron chi connectivity index (χ4n) is 4.27. The minimum atomic E-state index is -0.419. The van der Waals surface area contributed by atoms with Crippen LogP contribution in [0.15, 0.2) is 36.5 Å². The van der Waals surface area contributed by atoms with E-state index in [1.807, 2.05) is 18.2 Å². The highest BCUT2D eigenvalue weighted by atomic mass is 16.7. The lowest BCUT2D eigenvalue weighted by molar-refractivity contribution is -0.122. The maximum Gasteiger partial charge on any atom is 0.231 e. The summed E-state index contributed by atoms with van der Waals surface area (Å²) in [5.41, 5.74) is 1.42. The lowest BCUT2D eigenvalue weighted by Gasteiger charge is -2.29. The number of hydrogen-bond acceptors (Lipinski definition) is 6. The van der Waals surface area contributed by atoms with E-state index in [4.69, 9.17) is 9.47 Å². The molecule has 0 bridgehead atoms. The van der Waals surface area contributed by atoms with E-state index in [1.165, 1.54) is 6.42 Å². The molecule has 1 atom stereocenters. The molecule has 0 radical (unpaired) electrons. The summed E-state index contributed by atoms with van der Waals surface area (Å²) >= 11 is 0. The van der Waals surface area contributed by atoms with E-state index < -0.39 is 5.92 Å². The number of benzene rings is 1. The maximum atomic E-state index is 13.0. The highest BCUT2D eigenvalue weighted by molar-refractivity contribution is 6.04. The smallest absolute Gasteiger partial charge is 0.231 e. The van der Waals surface area contributed by atoms with Gasteiger partial charge in [-0.3, -0.25) is 9.59 Å². The van der Waals surface area contributed by atoms with Crippen molar-refractivity contribution in [3.05, 3.63) is 36.5 Å². The average molecular weight is 408 g/mol. The van der Waals surface area contributed by atoms with E-state index >= 15 is 0 Å². The number of pyridine rings is 1. The van der Waals surface area contributed by atoms with Gasteiger partial charge in [0.1, 0.15) is 0 Å². The molecule has 2 fully saturated rings. The van der Waals surface area contributed by atoms with Crippen molar-refractivity contribution in [1.29, 1.82) is 0 Å². The van der Waals surface area contributed by atoms with Crippen molar-refractivity contribution in [2.45, 2.75) is 25.7 Å². The molecule has 1 unspecified atom stereocenters. The van der Waals surface area contributed by atoms with Crippen molar-refractivity contribution in [2.75, 3.05) is 41.5 Å². The van der Waals surface area contributed by atoms with Gasteiger partial charge in [0, 0.05) is 44.0 Å². The van der Waals surface area contributed by atoms with Crippen molar-refractivity contribution in [3.8, 4) is 11.5 Å². The lowest BCUT2D eigenvalue weighted by Crippen LogP contribution is -2.32. The Kier molecular flexibility index (Phi) is 4.90. The fraction of sp³-hybridized carbons (Fsp3) is 0.409. The third-order valence-corrected chi connectivity index (χ3v) is 5.86. The van der Waals surface area contributed by atoms with Crippen LogP contribution < -0.4 is 24.6 Å². The quantitative estimate of drug-likeness (QED) is 0.838. The second-order valence-electron chi connectivity index (χ2n) is 7.85. The Morgan fingerprint density at radius 2 is 1.93 bits per heavy atom. The molecule has 0 saturated carbocycles. The normalized spacial score (nSPS) is 20.5. The second-order valence-corrected chi connectivity index (χ2v) is 7.85. The molecule has 2 amide bonds. The maximum absolute atomic E-state index is 13.0. The van der Waals surface area contributed by atoms with Gasteiger partial charge in [0.15, 0.2) is 17.3 Å². The van der Waals surface area contributed by atoms with Crippen molar-refractivity contribution in [2.24, 2.45) is 5.92 Å². The van der Waals surface area contributed by atoms with Crippen molar-refractivity contribution in [3.63, 3.8) is 0 Å². The number of hydrogen-bond donors (Lipinski definition) is 1. The molecular formula is C22H24N4O4. The minimum Gasteiger partial charge on any atom is -0.454 e. The molecule has 0 aliphatic carbocycles. The summed E-state index contributed by atoms with van der Waals surface area (Å²) in [6.45, 7) is 2.41. The Bertz CT molecular complexity index is 973. The molecule has 2 saturated heterocycles. The van der Waals surface area contributed by atoms with Crippen molar-refractivity contribution >= 4 is 29.0 Å². The van der Waals surface area contributed by atoms with Crippen molar-refractivity contribution in [1.82, 2.24) is 4.98 Å². The van der Waals surface area contributed by atoms with Crippen LogP contribution in [0, 0.1) is 5.92 Å². The van der Waals surface area contributed by atoms with E-state index in [1.54, 1.807) is 23.2 Å². The first kappa shape index (κ1) is 18.7. The van der Waals surface area contributed by atoms with E-state index in [9.17, 15) is 9.59 Å². The molecule has 8 nitrogen and oxygen atoms in total. The number of aromatic nitrogens is 1. The number of ether oxygens (including phenoxy) is 2. The third kappa shape index (κ3) is 3.53. The molecule has 156 valence electrons. The molecular weight excluding hydrogens is 384 g/mol. The zero-order chi connectivity index (χ0) is 20.5. The first-order valence-electron chi connectivity index (χ1n) is 10.4. The predicted molar refractivity (Wildman–Crippen MR) is 112 cm³/mol. The number of anilines is 3. The van der Waals surface area contributed by atoms with Crippen LogP contribution in [0.1, 0.15) is 25.7 Å². The molecule has 1 aromatic carbocycles. The molecule has 4 heterocycles. The van der Waals surface area contributed by atoms with Crippen LogP contribution in [0.4, 0.5) is 17.2 Å². The van der Waals surface area contributed by atoms with Gasteiger partial charge in [-0.05, 0) is 43.5 Å². The molecule has 3 aliphatic rings. The molecule has 0 spiro atoms. The molecule has 8 heteroatoms. The molecule has 1 aromatic heterocycles. The largest absolute Gasteiger partial charge is 0.454 e. The Labute approximate surface area is 174 Å². The standard InChI is InChI=1S/C22H24N4O4/c27-20-11-15(13-26(20)16-6-7-18-19(12-16)30-14-29-18)22(28)24-17-5-4-8-23-21(17)25-9-2-1-3-10-25/h4-8,12,15H,1-3,9-11,13-14H2,(H,24,28). The van der Waals surface area contributed by atoms with Gasteiger partial charge >= 0.3 is 0 Å². The summed E-state index contributed by atoms with van der Waals surface area (Å²) in [7, 11) is 0. The summed E-state index contributed by atoms with van der Waals surface area (Å²) in [6.07, 6.45) is 5.42. The van der Waals surface area contributed by atoms with Gasteiger partial charge in [0.25, 0.3) is 0 Å². The Morgan fingerprint density at radius 3 is 2.80 bits per heavy atom. The third-order valence-electron chi connectivity index (χ3n) is 5.86. The van der Waals surface area contributed by atoms with Crippen LogP contribution in [-0.4, -0.2) is 43.2 Å². The SMILES string of the molecule is O=C(Nc1cccnc1N1CCCCC1)C1CC(=O)N(c2ccc3c(c2)OCO3)C1.